The summed E-state index contributed by atoms with van der Waals surface area (Å²) in [6.07, 6.45) is 0.863. The molecule has 90 valence electrons. The molecule has 0 radical (unpaired) electrons. The Kier molecular flexibility index (Phi) is 5.25. The SMILES string of the molecule is CNC(C)(CO)CCSc1ccc(F)cc1. The molecule has 1 unspecified atom stereocenters. The third-order valence-electron chi connectivity index (χ3n) is 2.69. The van der Waals surface area contributed by atoms with Crippen LogP contribution in [-0.2, 0) is 0 Å². The van der Waals surface area contributed by atoms with Gasteiger partial charge in [0.05, 0.1) is 6.61 Å². The topological polar surface area (TPSA) is 32.3 Å². The zero-order valence-corrected chi connectivity index (χ0v) is 10.5. The maximum atomic E-state index is 12.7. The van der Waals surface area contributed by atoms with Crippen molar-refractivity contribution in [3.8, 4) is 0 Å². The molecule has 0 spiro atoms. The van der Waals surface area contributed by atoms with Crippen molar-refractivity contribution in [1.29, 1.82) is 0 Å². The first-order valence-corrected chi connectivity index (χ1v) is 6.26. The summed E-state index contributed by atoms with van der Waals surface area (Å²) in [6, 6.07) is 6.47. The summed E-state index contributed by atoms with van der Waals surface area (Å²) in [5.41, 5.74) is -0.229. The lowest BCUT2D eigenvalue weighted by atomic mass is 10.0. The molecule has 4 heteroatoms. The molecule has 0 saturated heterocycles. The maximum absolute atomic E-state index is 12.7. The lowest BCUT2D eigenvalue weighted by Crippen LogP contribution is -2.43. The molecule has 0 aliphatic carbocycles. The third-order valence-corrected chi connectivity index (χ3v) is 3.70. The number of rotatable bonds is 6. The Morgan fingerprint density at radius 1 is 1.38 bits per heavy atom. The lowest BCUT2D eigenvalue weighted by molar-refractivity contribution is 0.179. The number of benzene rings is 1. The molecular formula is C12H18FNOS. The summed E-state index contributed by atoms with van der Waals surface area (Å²) < 4.78 is 12.7. The van der Waals surface area contributed by atoms with Crippen LogP contribution in [0.15, 0.2) is 29.2 Å². The van der Waals surface area contributed by atoms with Crippen LogP contribution in [-0.4, -0.2) is 30.1 Å². The van der Waals surface area contributed by atoms with Gasteiger partial charge in [0, 0.05) is 10.4 Å². The highest BCUT2D eigenvalue weighted by Crippen LogP contribution is 2.21. The number of thioether (sulfide) groups is 1. The highest BCUT2D eigenvalue weighted by molar-refractivity contribution is 7.99. The fourth-order valence-corrected chi connectivity index (χ4v) is 2.32. The molecule has 0 amide bonds. The summed E-state index contributed by atoms with van der Waals surface area (Å²) in [4.78, 5) is 1.05. The minimum absolute atomic E-state index is 0.119. The van der Waals surface area contributed by atoms with E-state index in [2.05, 4.69) is 5.32 Å². The Morgan fingerprint density at radius 2 is 2.00 bits per heavy atom. The molecule has 0 aromatic heterocycles. The van der Waals surface area contributed by atoms with Crippen molar-refractivity contribution >= 4 is 11.8 Å². The van der Waals surface area contributed by atoms with Crippen LogP contribution < -0.4 is 5.32 Å². The molecular weight excluding hydrogens is 225 g/mol. The molecule has 0 saturated carbocycles. The maximum Gasteiger partial charge on any atom is 0.123 e. The summed E-state index contributed by atoms with van der Waals surface area (Å²) in [5, 5.41) is 12.3. The standard InChI is InChI=1S/C12H18FNOS/c1-12(9-15,14-2)7-8-16-11-5-3-10(13)4-6-11/h3-6,14-15H,7-9H2,1-2H3. The van der Waals surface area contributed by atoms with Gasteiger partial charge in [-0.2, -0.15) is 0 Å². The van der Waals surface area contributed by atoms with Crippen molar-refractivity contribution in [3.63, 3.8) is 0 Å². The van der Waals surface area contributed by atoms with Crippen molar-refractivity contribution in [1.82, 2.24) is 5.32 Å². The van der Waals surface area contributed by atoms with Gasteiger partial charge in [-0.3, -0.25) is 0 Å². The normalized spacial score (nSPS) is 14.8. The van der Waals surface area contributed by atoms with Gasteiger partial charge in [0.1, 0.15) is 5.82 Å². The molecule has 2 nitrogen and oxygen atoms in total. The Balaban J connectivity index is 2.38. The van der Waals surface area contributed by atoms with E-state index in [0.717, 1.165) is 17.1 Å². The molecule has 2 N–H and O–H groups in total. The van der Waals surface area contributed by atoms with Crippen LogP contribution in [0.3, 0.4) is 0 Å². The van der Waals surface area contributed by atoms with E-state index in [1.165, 1.54) is 12.1 Å². The van der Waals surface area contributed by atoms with Gasteiger partial charge in [-0.25, -0.2) is 4.39 Å². The number of halogens is 1. The zero-order valence-electron chi connectivity index (χ0n) is 9.66. The molecule has 1 rings (SSSR count). The van der Waals surface area contributed by atoms with Crippen LogP contribution in [0.1, 0.15) is 13.3 Å². The molecule has 1 atom stereocenters. The van der Waals surface area contributed by atoms with E-state index in [1.54, 1.807) is 23.9 Å². The van der Waals surface area contributed by atoms with E-state index in [0.29, 0.717) is 0 Å². The lowest BCUT2D eigenvalue weighted by Gasteiger charge is -2.26. The molecule has 0 heterocycles. The van der Waals surface area contributed by atoms with E-state index in [9.17, 15) is 9.50 Å². The van der Waals surface area contributed by atoms with Gasteiger partial charge >= 0.3 is 0 Å². The van der Waals surface area contributed by atoms with Crippen LogP contribution >= 0.6 is 11.8 Å². The Hall–Kier alpha value is -0.580. The van der Waals surface area contributed by atoms with Gasteiger partial charge < -0.3 is 10.4 Å². The summed E-state index contributed by atoms with van der Waals surface area (Å²) >= 11 is 1.67. The quantitative estimate of drug-likeness (QED) is 0.752. The predicted molar refractivity (Wildman–Crippen MR) is 66.3 cm³/mol. The predicted octanol–water partition coefficient (Wildman–Crippen LogP) is 2.28. The molecule has 1 aromatic carbocycles. The van der Waals surface area contributed by atoms with Gasteiger partial charge in [0.25, 0.3) is 0 Å². The van der Waals surface area contributed by atoms with Crippen LogP contribution in [0.4, 0.5) is 4.39 Å². The first kappa shape index (κ1) is 13.5. The van der Waals surface area contributed by atoms with Crippen LogP contribution in [0.5, 0.6) is 0 Å². The number of aliphatic hydroxyl groups is 1. The summed E-state index contributed by atoms with van der Waals surface area (Å²) in [5.74, 6) is 0.684. The Bertz CT molecular complexity index is 311. The van der Waals surface area contributed by atoms with Crippen LogP contribution in [0, 0.1) is 5.82 Å². The molecule has 1 aromatic rings. The first-order chi connectivity index (χ1) is 7.59. The molecule has 0 aliphatic rings. The van der Waals surface area contributed by atoms with Gasteiger partial charge in [0.2, 0.25) is 0 Å². The van der Waals surface area contributed by atoms with Crippen molar-refractivity contribution in [2.45, 2.75) is 23.8 Å². The van der Waals surface area contributed by atoms with E-state index in [4.69, 9.17) is 0 Å². The van der Waals surface area contributed by atoms with E-state index in [-0.39, 0.29) is 18.0 Å². The number of aliphatic hydroxyl groups excluding tert-OH is 1. The van der Waals surface area contributed by atoms with E-state index in [1.807, 2.05) is 14.0 Å². The second-order valence-electron chi connectivity index (χ2n) is 4.02. The fraction of sp³-hybridized carbons (Fsp3) is 0.500. The minimum atomic E-state index is -0.229. The van der Waals surface area contributed by atoms with Crippen LogP contribution in [0.25, 0.3) is 0 Å². The first-order valence-electron chi connectivity index (χ1n) is 5.28. The monoisotopic (exact) mass is 243 g/mol. The zero-order chi connectivity index (χ0) is 12.0. The van der Waals surface area contributed by atoms with Gasteiger partial charge in [0.15, 0.2) is 0 Å². The Morgan fingerprint density at radius 3 is 2.50 bits per heavy atom. The van der Waals surface area contributed by atoms with E-state index >= 15 is 0 Å². The summed E-state index contributed by atoms with van der Waals surface area (Å²) in [6.45, 7) is 2.10. The number of hydrogen-bond donors (Lipinski definition) is 2. The second kappa shape index (κ2) is 6.23. The van der Waals surface area contributed by atoms with Crippen molar-refractivity contribution in [3.05, 3.63) is 30.1 Å². The average Bonchev–Trinajstić information content (AvgIpc) is 2.31. The Labute approximate surface area is 100 Å². The van der Waals surface area contributed by atoms with Crippen molar-refractivity contribution in [2.75, 3.05) is 19.4 Å². The number of nitrogens with one attached hydrogen (secondary N) is 1. The molecule has 0 aliphatic heterocycles. The summed E-state index contributed by atoms with van der Waals surface area (Å²) in [7, 11) is 1.85. The van der Waals surface area contributed by atoms with Crippen LogP contribution in [0.2, 0.25) is 0 Å². The van der Waals surface area contributed by atoms with Gasteiger partial charge in [-0.15, -0.1) is 11.8 Å². The van der Waals surface area contributed by atoms with Gasteiger partial charge in [-0.05, 0) is 50.4 Å². The largest absolute Gasteiger partial charge is 0.394 e. The highest BCUT2D eigenvalue weighted by atomic mass is 32.2. The highest BCUT2D eigenvalue weighted by Gasteiger charge is 2.19. The fourth-order valence-electron chi connectivity index (χ4n) is 1.21. The molecule has 16 heavy (non-hydrogen) atoms. The van der Waals surface area contributed by atoms with Crippen molar-refractivity contribution in [2.24, 2.45) is 0 Å². The van der Waals surface area contributed by atoms with E-state index < -0.39 is 0 Å². The molecule has 0 bridgehead atoms. The van der Waals surface area contributed by atoms with Gasteiger partial charge in [-0.1, -0.05) is 0 Å². The number of likely N-dealkylation sites (N-methyl/N-ethyl adjacent to an activating group) is 1. The average molecular weight is 243 g/mol. The van der Waals surface area contributed by atoms with Crippen molar-refractivity contribution < 1.29 is 9.50 Å². The number of hydrogen-bond acceptors (Lipinski definition) is 3. The third kappa shape index (κ3) is 4.12. The smallest absolute Gasteiger partial charge is 0.123 e. The minimum Gasteiger partial charge on any atom is -0.394 e. The second-order valence-corrected chi connectivity index (χ2v) is 5.19. The molecule has 0 fully saturated rings.